The Morgan fingerprint density at radius 2 is 1.85 bits per heavy atom. The number of aromatic amines is 1. The number of H-pyrrole nitrogens is 1. The van der Waals surface area contributed by atoms with Crippen molar-refractivity contribution in [3.63, 3.8) is 0 Å². The third kappa shape index (κ3) is 4.29. The Bertz CT molecular complexity index is 981. The lowest BCUT2D eigenvalue weighted by Crippen LogP contribution is -2.12. The molecule has 0 aliphatic carbocycles. The van der Waals surface area contributed by atoms with Gasteiger partial charge in [-0.15, -0.1) is 0 Å². The number of carbonyl (C=O) groups excluding carboxylic acids is 1. The molecule has 0 aliphatic rings. The maximum atomic E-state index is 13.4. The number of carbonyl (C=O) groups is 1. The van der Waals surface area contributed by atoms with Gasteiger partial charge in [-0.3, -0.25) is 9.59 Å². The van der Waals surface area contributed by atoms with Gasteiger partial charge in [0.15, 0.2) is 5.78 Å². The maximum Gasteiger partial charge on any atom is 0.247 e. The summed E-state index contributed by atoms with van der Waals surface area (Å²) in [6.07, 6.45) is 1.54. The van der Waals surface area contributed by atoms with Gasteiger partial charge in [0.1, 0.15) is 5.82 Å². The zero-order chi connectivity index (χ0) is 18.7. The van der Waals surface area contributed by atoms with Crippen LogP contribution in [-0.2, 0) is 0 Å². The maximum absolute atomic E-state index is 13.4. The molecule has 26 heavy (non-hydrogen) atoms. The van der Waals surface area contributed by atoms with E-state index in [1.807, 2.05) is 24.3 Å². The lowest BCUT2D eigenvalue weighted by molar-refractivity contribution is 0.0977. The minimum absolute atomic E-state index is 0.138. The highest BCUT2D eigenvalue weighted by Gasteiger charge is 2.22. The quantitative estimate of drug-likeness (QED) is 0.551. The summed E-state index contributed by atoms with van der Waals surface area (Å²) >= 11 is 9.64. The molecule has 3 aromatic rings. The van der Waals surface area contributed by atoms with Crippen LogP contribution in [0, 0.1) is 5.82 Å². The van der Waals surface area contributed by atoms with Crippen molar-refractivity contribution >= 4 is 33.3 Å². The zero-order valence-corrected chi connectivity index (χ0v) is 15.9. The summed E-state index contributed by atoms with van der Waals surface area (Å²) < 4.78 is 14.4. The molecule has 3 rings (SSSR count). The van der Waals surface area contributed by atoms with Gasteiger partial charge in [0, 0.05) is 39.7 Å². The van der Waals surface area contributed by atoms with E-state index in [4.69, 9.17) is 11.6 Å². The van der Waals surface area contributed by atoms with E-state index in [0.29, 0.717) is 11.1 Å². The fraction of sp³-hybridized carbons (Fsp3) is 0.100. The molecule has 1 aromatic heterocycles. The third-order valence-electron chi connectivity index (χ3n) is 4.11. The lowest BCUT2D eigenvalue weighted by Gasteiger charge is -2.19. The van der Waals surface area contributed by atoms with E-state index in [1.165, 1.54) is 30.5 Å². The van der Waals surface area contributed by atoms with E-state index < -0.39 is 5.82 Å². The van der Waals surface area contributed by atoms with E-state index in [9.17, 15) is 14.0 Å². The first kappa shape index (κ1) is 18.5. The Hall–Kier alpha value is -2.24. The molecule has 3 nitrogen and oxygen atoms in total. The van der Waals surface area contributed by atoms with Crippen LogP contribution in [0.15, 0.2) is 70.1 Å². The molecule has 0 saturated heterocycles. The first-order valence-corrected chi connectivity index (χ1v) is 9.03. The van der Waals surface area contributed by atoms with Crippen LogP contribution in [0.2, 0.25) is 5.02 Å². The van der Waals surface area contributed by atoms with Crippen LogP contribution < -0.4 is 5.56 Å². The normalized spacial score (nSPS) is 12.0. The van der Waals surface area contributed by atoms with Crippen LogP contribution in [0.4, 0.5) is 4.39 Å². The third-order valence-corrected chi connectivity index (χ3v) is 4.96. The summed E-state index contributed by atoms with van der Waals surface area (Å²) in [6.45, 7) is 0. The van der Waals surface area contributed by atoms with Crippen molar-refractivity contribution in [2.45, 2.75) is 12.3 Å². The first-order valence-electron chi connectivity index (χ1n) is 7.86. The smallest absolute Gasteiger partial charge is 0.247 e. The number of ketones is 1. The Morgan fingerprint density at radius 1 is 1.12 bits per heavy atom. The number of rotatable bonds is 5. The first-order chi connectivity index (χ1) is 12.4. The summed E-state index contributed by atoms with van der Waals surface area (Å²) in [5, 5.41) is 0.271. The summed E-state index contributed by atoms with van der Waals surface area (Å²) in [6, 6.07) is 14.5. The van der Waals surface area contributed by atoms with Gasteiger partial charge in [0.25, 0.3) is 0 Å². The molecule has 0 saturated carbocycles. The van der Waals surface area contributed by atoms with Gasteiger partial charge >= 0.3 is 0 Å². The van der Waals surface area contributed by atoms with E-state index in [-0.39, 0.29) is 28.7 Å². The monoisotopic (exact) mass is 433 g/mol. The molecule has 6 heteroatoms. The minimum Gasteiger partial charge on any atom is -0.328 e. The van der Waals surface area contributed by atoms with Crippen LogP contribution in [-0.4, -0.2) is 10.8 Å². The second kappa shape index (κ2) is 7.98. The van der Waals surface area contributed by atoms with Crippen molar-refractivity contribution in [2.24, 2.45) is 0 Å². The molecular weight excluding hydrogens is 421 g/mol. The van der Waals surface area contributed by atoms with Crippen LogP contribution in [0.25, 0.3) is 0 Å². The highest BCUT2D eigenvalue weighted by atomic mass is 79.9. The molecule has 0 bridgehead atoms. The summed E-state index contributed by atoms with van der Waals surface area (Å²) in [7, 11) is 0. The number of hydrogen-bond donors (Lipinski definition) is 1. The predicted molar refractivity (Wildman–Crippen MR) is 103 cm³/mol. The van der Waals surface area contributed by atoms with Gasteiger partial charge in [0.05, 0.1) is 0 Å². The molecule has 0 radical (unpaired) electrons. The fourth-order valence-electron chi connectivity index (χ4n) is 2.77. The Balaban J connectivity index is 1.99. The van der Waals surface area contributed by atoms with Gasteiger partial charge in [-0.1, -0.05) is 45.7 Å². The van der Waals surface area contributed by atoms with Crippen molar-refractivity contribution in [1.82, 2.24) is 4.98 Å². The molecule has 0 spiro atoms. The Labute approximate surface area is 163 Å². The topological polar surface area (TPSA) is 49.9 Å². The van der Waals surface area contributed by atoms with Gasteiger partial charge in [-0.25, -0.2) is 4.39 Å². The predicted octanol–water partition coefficient (Wildman–Crippen LogP) is 5.33. The second-order valence-electron chi connectivity index (χ2n) is 5.84. The van der Waals surface area contributed by atoms with Crippen LogP contribution >= 0.6 is 27.5 Å². The molecule has 0 amide bonds. The standard InChI is InChI=1S/C20H14BrClFNO2/c21-14-4-1-12(2-5-14)17(16-7-6-15(23)9-18(16)22)10-19(25)13-3-8-20(26)24-11-13/h1-9,11,17H,10H2,(H,24,26). The van der Waals surface area contributed by atoms with Crippen molar-refractivity contribution < 1.29 is 9.18 Å². The Morgan fingerprint density at radius 3 is 2.46 bits per heavy atom. The number of Topliss-reactive ketones (excluding diaryl/α,β-unsaturated/α-hetero) is 1. The van der Waals surface area contributed by atoms with Gasteiger partial charge in [-0.05, 0) is 41.5 Å². The average molecular weight is 435 g/mol. The van der Waals surface area contributed by atoms with Gasteiger partial charge in [0.2, 0.25) is 5.56 Å². The summed E-state index contributed by atoms with van der Waals surface area (Å²) in [5.74, 6) is -0.912. The number of hydrogen-bond acceptors (Lipinski definition) is 2. The number of halogens is 3. The van der Waals surface area contributed by atoms with E-state index in [0.717, 1.165) is 10.0 Å². The Kier molecular flexibility index (Phi) is 5.69. The highest BCUT2D eigenvalue weighted by molar-refractivity contribution is 9.10. The van der Waals surface area contributed by atoms with E-state index >= 15 is 0 Å². The van der Waals surface area contributed by atoms with Crippen molar-refractivity contribution in [3.05, 3.63) is 103 Å². The van der Waals surface area contributed by atoms with E-state index in [1.54, 1.807) is 6.07 Å². The number of pyridine rings is 1. The summed E-state index contributed by atoms with van der Waals surface area (Å²) in [5.41, 5.74) is 1.70. The van der Waals surface area contributed by atoms with Gasteiger partial charge in [-0.2, -0.15) is 0 Å². The van der Waals surface area contributed by atoms with Crippen molar-refractivity contribution in [2.75, 3.05) is 0 Å². The van der Waals surface area contributed by atoms with Crippen molar-refractivity contribution in [3.8, 4) is 0 Å². The largest absolute Gasteiger partial charge is 0.328 e. The lowest BCUT2D eigenvalue weighted by atomic mass is 9.86. The minimum atomic E-state index is -0.430. The SMILES string of the molecule is O=C(CC(c1ccc(Br)cc1)c1ccc(F)cc1Cl)c1ccc(=O)[nH]c1. The van der Waals surface area contributed by atoms with Crippen LogP contribution in [0.1, 0.15) is 33.8 Å². The van der Waals surface area contributed by atoms with Crippen LogP contribution in [0.5, 0.6) is 0 Å². The fourth-order valence-corrected chi connectivity index (χ4v) is 3.34. The second-order valence-corrected chi connectivity index (χ2v) is 7.16. The molecule has 1 heterocycles. The van der Waals surface area contributed by atoms with E-state index in [2.05, 4.69) is 20.9 Å². The molecule has 0 fully saturated rings. The van der Waals surface area contributed by atoms with Gasteiger partial charge < -0.3 is 4.98 Å². The van der Waals surface area contributed by atoms with Crippen molar-refractivity contribution in [1.29, 1.82) is 0 Å². The summed E-state index contributed by atoms with van der Waals surface area (Å²) in [4.78, 5) is 26.4. The number of nitrogens with one attached hydrogen (secondary N) is 1. The average Bonchev–Trinajstić information content (AvgIpc) is 2.61. The molecular formula is C20H14BrClFNO2. The molecule has 1 unspecified atom stereocenters. The molecule has 132 valence electrons. The number of aromatic nitrogens is 1. The number of benzene rings is 2. The van der Waals surface area contributed by atoms with Crippen LogP contribution in [0.3, 0.4) is 0 Å². The molecule has 1 N–H and O–H groups in total. The highest BCUT2D eigenvalue weighted by Crippen LogP contribution is 2.34. The molecule has 1 atom stereocenters. The molecule has 0 aliphatic heterocycles. The zero-order valence-electron chi connectivity index (χ0n) is 13.5. The molecule has 2 aromatic carbocycles.